The van der Waals surface area contributed by atoms with E-state index in [0.29, 0.717) is 31.0 Å². The molecule has 0 radical (unpaired) electrons. The van der Waals surface area contributed by atoms with Gasteiger partial charge in [0.05, 0.1) is 41.8 Å². The van der Waals surface area contributed by atoms with Crippen molar-refractivity contribution in [3.63, 3.8) is 0 Å². The van der Waals surface area contributed by atoms with Crippen molar-refractivity contribution in [1.82, 2.24) is 14.9 Å². The minimum atomic E-state index is -0.594. The van der Waals surface area contributed by atoms with Crippen LogP contribution in [0.15, 0.2) is 12.4 Å². The number of amides is 1. The van der Waals surface area contributed by atoms with E-state index < -0.39 is 23.9 Å². The summed E-state index contributed by atoms with van der Waals surface area (Å²) in [5.74, 6) is 0. The summed E-state index contributed by atoms with van der Waals surface area (Å²) in [5, 5.41) is 0. The van der Waals surface area contributed by atoms with Crippen LogP contribution >= 0.6 is 0 Å². The van der Waals surface area contributed by atoms with E-state index in [1.165, 1.54) is 0 Å². The normalized spacial score (nSPS) is 24.3. The van der Waals surface area contributed by atoms with Crippen LogP contribution in [0.5, 0.6) is 0 Å². The molecule has 0 bridgehead atoms. The number of carbonyl (C=O) groups excluding carboxylic acids is 1. The molecule has 28 heavy (non-hydrogen) atoms. The number of rotatable bonds is 2. The number of ether oxygens (including phenoxy) is 2. The van der Waals surface area contributed by atoms with E-state index in [0.717, 1.165) is 0 Å². The molecule has 1 unspecified atom stereocenters. The van der Waals surface area contributed by atoms with Crippen LogP contribution in [0.4, 0.5) is 4.79 Å². The largest absolute Gasteiger partial charge is 0.516 e. The number of nitrogens with zero attached hydrogens (tertiary/aromatic N) is 3. The van der Waals surface area contributed by atoms with Crippen molar-refractivity contribution in [3.05, 3.63) is 18.1 Å². The van der Waals surface area contributed by atoms with Gasteiger partial charge in [-0.3, -0.25) is 9.97 Å². The molecule has 2 aliphatic rings. The van der Waals surface area contributed by atoms with Gasteiger partial charge < -0.3 is 23.7 Å². The molecule has 2 aliphatic heterocycles. The zero-order valence-corrected chi connectivity index (χ0v) is 17.8. The van der Waals surface area contributed by atoms with Crippen molar-refractivity contribution in [1.29, 1.82) is 0 Å². The molecule has 1 aromatic heterocycles. The molecule has 1 aromatic rings. The molecule has 9 heteroatoms. The van der Waals surface area contributed by atoms with Crippen LogP contribution in [0.3, 0.4) is 0 Å². The molecule has 3 heterocycles. The van der Waals surface area contributed by atoms with Crippen LogP contribution in [-0.2, 0) is 18.8 Å². The first-order chi connectivity index (χ1) is 12.9. The molecule has 8 nitrogen and oxygen atoms in total. The minimum absolute atomic E-state index is 0.351. The molecule has 0 aliphatic carbocycles. The van der Waals surface area contributed by atoms with Gasteiger partial charge in [-0.2, -0.15) is 0 Å². The Kier molecular flexibility index (Phi) is 5.46. The Balaban J connectivity index is 1.73. The van der Waals surface area contributed by atoms with Crippen molar-refractivity contribution >= 4 is 18.8 Å². The number of hydrogen-bond donors (Lipinski definition) is 0. The molecule has 1 amide bonds. The van der Waals surface area contributed by atoms with E-state index in [1.54, 1.807) is 17.3 Å². The van der Waals surface area contributed by atoms with E-state index in [2.05, 4.69) is 9.97 Å². The summed E-state index contributed by atoms with van der Waals surface area (Å²) in [6.45, 7) is 14.8. The van der Waals surface area contributed by atoms with Gasteiger partial charge >= 0.3 is 13.2 Å². The molecule has 0 saturated carbocycles. The van der Waals surface area contributed by atoms with Gasteiger partial charge in [0.15, 0.2) is 0 Å². The lowest BCUT2D eigenvalue weighted by molar-refractivity contribution is -0.0447. The second kappa shape index (κ2) is 7.28. The molecule has 2 saturated heterocycles. The van der Waals surface area contributed by atoms with Gasteiger partial charge in [-0.25, -0.2) is 4.79 Å². The second-order valence-corrected chi connectivity index (χ2v) is 9.24. The van der Waals surface area contributed by atoms with Crippen LogP contribution in [0.25, 0.3) is 0 Å². The average molecular weight is 391 g/mol. The summed E-state index contributed by atoms with van der Waals surface area (Å²) in [4.78, 5) is 23.0. The monoisotopic (exact) mass is 391 g/mol. The van der Waals surface area contributed by atoms with Crippen LogP contribution in [0.2, 0.25) is 0 Å². The van der Waals surface area contributed by atoms with E-state index in [4.69, 9.17) is 18.8 Å². The molecule has 3 rings (SSSR count). The van der Waals surface area contributed by atoms with Crippen LogP contribution in [0.1, 0.15) is 60.3 Å². The third-order valence-electron chi connectivity index (χ3n) is 5.21. The fourth-order valence-electron chi connectivity index (χ4n) is 2.95. The van der Waals surface area contributed by atoms with Gasteiger partial charge in [0.2, 0.25) is 0 Å². The molecule has 2 fully saturated rings. The molecule has 0 N–H and O–H groups in total. The molecule has 0 aromatic carbocycles. The van der Waals surface area contributed by atoms with Crippen molar-refractivity contribution < 1.29 is 23.6 Å². The van der Waals surface area contributed by atoms with Crippen LogP contribution < -0.4 is 5.59 Å². The molecule has 154 valence electrons. The fourth-order valence-corrected chi connectivity index (χ4v) is 2.95. The number of carbonyl (C=O) groups is 1. The summed E-state index contributed by atoms with van der Waals surface area (Å²) in [5.41, 5.74) is -0.218. The Bertz CT molecular complexity index is 719. The highest BCUT2D eigenvalue weighted by Crippen LogP contribution is 2.36. The maximum atomic E-state index is 12.4. The van der Waals surface area contributed by atoms with Crippen molar-refractivity contribution in [2.24, 2.45) is 0 Å². The molecule has 1 atom stereocenters. The lowest BCUT2D eigenvalue weighted by Gasteiger charge is -2.34. The maximum Gasteiger partial charge on any atom is 0.516 e. The molecule has 0 spiro atoms. The van der Waals surface area contributed by atoms with E-state index in [-0.39, 0.29) is 12.2 Å². The van der Waals surface area contributed by atoms with Crippen molar-refractivity contribution in [2.75, 3.05) is 19.7 Å². The number of hydrogen-bond acceptors (Lipinski definition) is 7. The number of aromatic nitrogens is 2. The van der Waals surface area contributed by atoms with Gasteiger partial charge in [-0.05, 0) is 48.5 Å². The second-order valence-electron chi connectivity index (χ2n) is 9.24. The summed E-state index contributed by atoms with van der Waals surface area (Å²) in [6.07, 6.45) is 2.56. The SMILES string of the molecule is CC(C)(C)OC(=O)N1CCOC(c2cncc(B3OC(C)(C)C(C)(C)O3)n2)C1. The number of morpholine rings is 1. The standard InChI is InChI=1S/C19H30BN3O5/c1-17(2,3)26-16(24)23-8-9-25-14(12-23)13-10-21-11-15(22-13)20-27-18(4,5)19(6,7)28-20/h10-11,14H,8-9,12H2,1-7H3. The van der Waals surface area contributed by atoms with Gasteiger partial charge in [-0.15, -0.1) is 0 Å². The van der Waals surface area contributed by atoms with Gasteiger partial charge in [0, 0.05) is 12.7 Å². The average Bonchev–Trinajstić information content (AvgIpc) is 2.81. The first kappa shape index (κ1) is 21.0. The Morgan fingerprint density at radius 3 is 2.46 bits per heavy atom. The van der Waals surface area contributed by atoms with E-state index in [1.807, 2.05) is 48.5 Å². The Morgan fingerprint density at radius 2 is 1.86 bits per heavy atom. The lowest BCUT2D eigenvalue weighted by atomic mass is 9.85. The molecular formula is C19H30BN3O5. The van der Waals surface area contributed by atoms with Gasteiger partial charge in [0.25, 0.3) is 0 Å². The van der Waals surface area contributed by atoms with Crippen molar-refractivity contribution in [3.8, 4) is 0 Å². The van der Waals surface area contributed by atoms with E-state index in [9.17, 15) is 4.79 Å². The van der Waals surface area contributed by atoms with Crippen LogP contribution in [0, 0.1) is 0 Å². The Morgan fingerprint density at radius 1 is 1.21 bits per heavy atom. The zero-order chi connectivity index (χ0) is 20.7. The highest BCUT2D eigenvalue weighted by atomic mass is 16.7. The topological polar surface area (TPSA) is 83.0 Å². The quantitative estimate of drug-likeness (QED) is 0.714. The first-order valence-corrected chi connectivity index (χ1v) is 9.65. The lowest BCUT2D eigenvalue weighted by Crippen LogP contribution is -2.45. The summed E-state index contributed by atoms with van der Waals surface area (Å²) < 4.78 is 23.4. The highest BCUT2D eigenvalue weighted by Gasteiger charge is 2.52. The smallest absolute Gasteiger partial charge is 0.444 e. The van der Waals surface area contributed by atoms with Gasteiger partial charge in [0.1, 0.15) is 11.7 Å². The zero-order valence-electron chi connectivity index (χ0n) is 17.8. The summed E-state index contributed by atoms with van der Waals surface area (Å²) in [7, 11) is -0.594. The van der Waals surface area contributed by atoms with Crippen LogP contribution in [-0.4, -0.2) is 64.6 Å². The predicted molar refractivity (Wildman–Crippen MR) is 104 cm³/mol. The molecular weight excluding hydrogens is 361 g/mol. The van der Waals surface area contributed by atoms with E-state index >= 15 is 0 Å². The minimum Gasteiger partial charge on any atom is -0.444 e. The highest BCUT2D eigenvalue weighted by molar-refractivity contribution is 6.61. The fraction of sp³-hybridized carbons (Fsp3) is 0.737. The van der Waals surface area contributed by atoms with Gasteiger partial charge in [-0.1, -0.05) is 0 Å². The summed E-state index contributed by atoms with van der Waals surface area (Å²) >= 11 is 0. The maximum absolute atomic E-state index is 12.4. The first-order valence-electron chi connectivity index (χ1n) is 9.65. The Labute approximate surface area is 167 Å². The Hall–Kier alpha value is -1.71. The third kappa shape index (κ3) is 4.47. The summed E-state index contributed by atoms with van der Waals surface area (Å²) in [6, 6.07) is 0. The third-order valence-corrected chi connectivity index (χ3v) is 5.21. The predicted octanol–water partition coefficient (Wildman–Crippen LogP) is 2.08. The van der Waals surface area contributed by atoms with Crippen molar-refractivity contribution in [2.45, 2.75) is 71.4 Å².